The van der Waals surface area contributed by atoms with E-state index in [4.69, 9.17) is 0 Å². The zero-order valence-corrected chi connectivity index (χ0v) is 13.9. The molecule has 2 aromatic carbocycles. The van der Waals surface area contributed by atoms with Crippen molar-refractivity contribution in [1.29, 1.82) is 0 Å². The number of aromatic hydroxyl groups is 2. The van der Waals surface area contributed by atoms with Gasteiger partial charge in [-0.1, -0.05) is 6.07 Å². The first-order valence-corrected chi connectivity index (χ1v) is 8.59. The van der Waals surface area contributed by atoms with Crippen LogP contribution in [0.5, 0.6) is 11.5 Å². The third-order valence-electron chi connectivity index (χ3n) is 3.43. The standard InChI is InChI=1S/C15H14N2O8S/c18-13-6-1-9(8-14(13)19)7-12(15(20)21)16-26(24,25)11-4-2-10(3-5-11)17(22)23/h1-6,8,12,16,18-19H,7H2,(H,20,21). The van der Waals surface area contributed by atoms with E-state index in [0.717, 1.165) is 36.4 Å². The third kappa shape index (κ3) is 4.46. The molecule has 0 aromatic heterocycles. The second-order valence-corrected chi connectivity index (χ2v) is 7.00. The number of carbonyl (C=O) groups is 1. The molecule has 1 unspecified atom stereocenters. The topological polar surface area (TPSA) is 167 Å². The summed E-state index contributed by atoms with van der Waals surface area (Å²) in [5.41, 5.74) is -0.0302. The molecule has 4 N–H and O–H groups in total. The Kier molecular flexibility index (Phi) is 5.43. The molecule has 10 nitrogen and oxygen atoms in total. The summed E-state index contributed by atoms with van der Waals surface area (Å²) in [4.78, 5) is 21.0. The number of hydrogen-bond acceptors (Lipinski definition) is 7. The number of carboxylic acids is 1. The molecule has 0 saturated carbocycles. The van der Waals surface area contributed by atoms with E-state index in [1.165, 1.54) is 6.07 Å². The van der Waals surface area contributed by atoms with Gasteiger partial charge in [-0.2, -0.15) is 4.72 Å². The van der Waals surface area contributed by atoms with Crippen LogP contribution in [0.1, 0.15) is 5.56 Å². The molecule has 0 saturated heterocycles. The van der Waals surface area contributed by atoms with E-state index in [1.807, 2.05) is 4.72 Å². The highest BCUT2D eigenvalue weighted by Gasteiger charge is 2.26. The number of nitro groups is 1. The fraction of sp³-hybridized carbons (Fsp3) is 0.133. The van der Waals surface area contributed by atoms with Gasteiger partial charge in [0.2, 0.25) is 10.0 Å². The molecule has 0 spiro atoms. The highest BCUT2D eigenvalue weighted by molar-refractivity contribution is 7.89. The minimum Gasteiger partial charge on any atom is -0.504 e. The molecule has 2 rings (SSSR count). The quantitative estimate of drug-likeness (QED) is 0.312. The molecule has 11 heteroatoms. The monoisotopic (exact) mass is 382 g/mol. The first kappa shape index (κ1) is 19.1. The van der Waals surface area contributed by atoms with Crippen molar-refractivity contribution in [3.8, 4) is 11.5 Å². The van der Waals surface area contributed by atoms with Gasteiger partial charge < -0.3 is 15.3 Å². The minimum atomic E-state index is -4.25. The van der Waals surface area contributed by atoms with Crippen molar-refractivity contribution in [3.63, 3.8) is 0 Å². The van der Waals surface area contributed by atoms with Crippen molar-refractivity contribution in [2.45, 2.75) is 17.4 Å². The number of hydrogen-bond donors (Lipinski definition) is 4. The summed E-state index contributed by atoms with van der Waals surface area (Å²) < 4.78 is 26.6. The smallest absolute Gasteiger partial charge is 0.322 e. The summed E-state index contributed by atoms with van der Waals surface area (Å²) in [6.45, 7) is 0. The molecule has 0 aliphatic carbocycles. The average molecular weight is 382 g/mol. The number of nitro benzene ring substituents is 1. The molecule has 0 fully saturated rings. The van der Waals surface area contributed by atoms with Crippen LogP contribution >= 0.6 is 0 Å². The fourth-order valence-electron chi connectivity index (χ4n) is 2.11. The van der Waals surface area contributed by atoms with Crippen LogP contribution in [0.2, 0.25) is 0 Å². The Hall–Kier alpha value is -3.18. The summed E-state index contributed by atoms with van der Waals surface area (Å²) >= 11 is 0. The highest BCUT2D eigenvalue weighted by Crippen LogP contribution is 2.25. The first-order valence-electron chi connectivity index (χ1n) is 7.10. The lowest BCUT2D eigenvalue weighted by Gasteiger charge is -2.15. The Balaban J connectivity index is 2.23. The number of nitrogens with one attached hydrogen (secondary N) is 1. The van der Waals surface area contributed by atoms with E-state index in [9.17, 15) is 38.6 Å². The SMILES string of the molecule is O=C(O)C(Cc1ccc(O)c(O)c1)NS(=O)(=O)c1ccc([N+](=O)[O-])cc1. The lowest BCUT2D eigenvalue weighted by atomic mass is 10.1. The van der Waals surface area contributed by atoms with Gasteiger partial charge in [-0.15, -0.1) is 0 Å². The van der Waals surface area contributed by atoms with Gasteiger partial charge in [0.15, 0.2) is 11.5 Å². The van der Waals surface area contributed by atoms with Crippen LogP contribution < -0.4 is 4.72 Å². The average Bonchev–Trinajstić information content (AvgIpc) is 2.57. The Bertz CT molecular complexity index is 941. The number of phenols is 2. The molecule has 0 aliphatic heterocycles. The van der Waals surface area contributed by atoms with E-state index in [1.54, 1.807) is 0 Å². The second kappa shape index (κ2) is 7.37. The van der Waals surface area contributed by atoms with Crippen molar-refractivity contribution in [2.75, 3.05) is 0 Å². The molecule has 1 atom stereocenters. The Labute approximate surface area is 147 Å². The molecule has 2 aromatic rings. The molecule has 0 bridgehead atoms. The van der Waals surface area contributed by atoms with Gasteiger partial charge in [-0.05, 0) is 36.2 Å². The van der Waals surface area contributed by atoms with Gasteiger partial charge in [-0.3, -0.25) is 14.9 Å². The predicted octanol–water partition coefficient (Wildman–Crippen LogP) is 0.980. The van der Waals surface area contributed by atoms with E-state index < -0.39 is 38.5 Å². The van der Waals surface area contributed by atoms with E-state index in [-0.39, 0.29) is 22.6 Å². The second-order valence-electron chi connectivity index (χ2n) is 5.29. The van der Waals surface area contributed by atoms with Crippen molar-refractivity contribution < 1.29 is 33.5 Å². The first-order chi connectivity index (χ1) is 12.1. The van der Waals surface area contributed by atoms with Crippen LogP contribution in [0.25, 0.3) is 0 Å². The maximum absolute atomic E-state index is 12.3. The molecule has 0 amide bonds. The van der Waals surface area contributed by atoms with E-state index in [2.05, 4.69) is 0 Å². The zero-order valence-electron chi connectivity index (χ0n) is 13.1. The molecular formula is C15H14N2O8S. The number of sulfonamides is 1. The van der Waals surface area contributed by atoms with Crippen molar-refractivity contribution in [1.82, 2.24) is 4.72 Å². The summed E-state index contributed by atoms with van der Waals surface area (Å²) in [5.74, 6) is -2.32. The van der Waals surface area contributed by atoms with Crippen LogP contribution in [-0.4, -0.2) is 40.7 Å². The number of non-ortho nitro benzene ring substituents is 1. The number of aliphatic carboxylic acids is 1. The molecule has 0 heterocycles. The lowest BCUT2D eigenvalue weighted by Crippen LogP contribution is -2.42. The number of rotatable bonds is 7. The maximum Gasteiger partial charge on any atom is 0.322 e. The number of benzene rings is 2. The summed E-state index contributed by atoms with van der Waals surface area (Å²) in [5, 5.41) is 38.6. The molecule has 26 heavy (non-hydrogen) atoms. The maximum atomic E-state index is 12.3. The van der Waals surface area contributed by atoms with Gasteiger partial charge >= 0.3 is 5.97 Å². The zero-order chi connectivity index (χ0) is 19.5. The van der Waals surface area contributed by atoms with Crippen LogP contribution in [-0.2, 0) is 21.2 Å². The molecular weight excluding hydrogens is 368 g/mol. The largest absolute Gasteiger partial charge is 0.504 e. The minimum absolute atomic E-state index is 0.277. The summed E-state index contributed by atoms with van der Waals surface area (Å²) in [6.07, 6.45) is -0.296. The number of carboxylic acid groups (broad SMARTS) is 1. The molecule has 138 valence electrons. The Morgan fingerprint density at radius 1 is 1.12 bits per heavy atom. The van der Waals surface area contributed by atoms with Crippen molar-refractivity contribution in [2.24, 2.45) is 0 Å². The normalized spacial score (nSPS) is 12.5. The van der Waals surface area contributed by atoms with Crippen LogP contribution in [0.15, 0.2) is 47.4 Å². The van der Waals surface area contributed by atoms with E-state index >= 15 is 0 Å². The van der Waals surface area contributed by atoms with Crippen LogP contribution in [0, 0.1) is 10.1 Å². The van der Waals surface area contributed by atoms with Gasteiger partial charge in [0, 0.05) is 12.1 Å². The van der Waals surface area contributed by atoms with Crippen molar-refractivity contribution >= 4 is 21.7 Å². The van der Waals surface area contributed by atoms with Crippen LogP contribution in [0.3, 0.4) is 0 Å². The summed E-state index contributed by atoms with van der Waals surface area (Å²) in [6, 6.07) is 6.01. The summed E-state index contributed by atoms with van der Waals surface area (Å²) in [7, 11) is -4.25. The van der Waals surface area contributed by atoms with E-state index in [0.29, 0.717) is 0 Å². The number of nitrogens with zero attached hydrogens (tertiary/aromatic N) is 1. The Morgan fingerprint density at radius 2 is 1.73 bits per heavy atom. The van der Waals surface area contributed by atoms with Gasteiger partial charge in [0.25, 0.3) is 5.69 Å². The van der Waals surface area contributed by atoms with Gasteiger partial charge in [0.1, 0.15) is 6.04 Å². The fourth-order valence-corrected chi connectivity index (χ4v) is 3.30. The van der Waals surface area contributed by atoms with Crippen molar-refractivity contribution in [3.05, 3.63) is 58.1 Å². The number of phenolic OH excluding ortho intramolecular Hbond substituents is 2. The third-order valence-corrected chi connectivity index (χ3v) is 4.92. The Morgan fingerprint density at radius 3 is 2.23 bits per heavy atom. The lowest BCUT2D eigenvalue weighted by molar-refractivity contribution is -0.384. The molecule has 0 radical (unpaired) electrons. The van der Waals surface area contributed by atoms with Gasteiger partial charge in [0.05, 0.1) is 9.82 Å². The van der Waals surface area contributed by atoms with Gasteiger partial charge in [-0.25, -0.2) is 8.42 Å². The van der Waals surface area contributed by atoms with Crippen LogP contribution in [0.4, 0.5) is 5.69 Å². The molecule has 0 aliphatic rings. The predicted molar refractivity (Wildman–Crippen MR) is 88.3 cm³/mol. The highest BCUT2D eigenvalue weighted by atomic mass is 32.2.